The Kier molecular flexibility index (Phi) is 3.45. The molecule has 0 saturated carbocycles. The highest BCUT2D eigenvalue weighted by molar-refractivity contribution is 7.11. The Morgan fingerprint density at radius 1 is 1.27 bits per heavy atom. The Hall–Kier alpha value is -0.780. The summed E-state index contributed by atoms with van der Waals surface area (Å²) in [5, 5.41) is 4.52. The molecule has 2 aromatic heterocycles. The minimum atomic E-state index is 0.892. The molecule has 5 heteroatoms. The van der Waals surface area contributed by atoms with E-state index >= 15 is 0 Å². The lowest BCUT2D eigenvalue weighted by atomic mass is 10.4. The summed E-state index contributed by atoms with van der Waals surface area (Å²) in [5.41, 5.74) is 3.02. The average Bonchev–Trinajstić information content (AvgIpc) is 2.77. The number of nitrogens with one attached hydrogen (secondary N) is 1. The molecule has 0 amide bonds. The molecule has 0 radical (unpaired) electrons. The third-order valence-corrected chi connectivity index (χ3v) is 3.95. The predicted octanol–water partition coefficient (Wildman–Crippen LogP) is 2.51. The van der Waals surface area contributed by atoms with Gasteiger partial charge in [-0.1, -0.05) is 0 Å². The van der Waals surface area contributed by atoms with E-state index in [-0.39, 0.29) is 0 Å². The standard InChI is InChI=1S/C10H13N3S2/c1-7-10(14-6-13-7)5-11-3-9-4-12-8(2)15-9/h4,6,11H,3,5H2,1-2H3. The zero-order valence-electron chi connectivity index (χ0n) is 8.78. The van der Waals surface area contributed by atoms with Crippen LogP contribution in [0.4, 0.5) is 0 Å². The fraction of sp³-hybridized carbons (Fsp3) is 0.400. The van der Waals surface area contributed by atoms with Crippen molar-refractivity contribution >= 4 is 22.7 Å². The third-order valence-electron chi connectivity index (χ3n) is 2.10. The van der Waals surface area contributed by atoms with E-state index in [1.54, 1.807) is 22.7 Å². The van der Waals surface area contributed by atoms with Crippen LogP contribution in [0.25, 0.3) is 0 Å². The van der Waals surface area contributed by atoms with E-state index in [1.165, 1.54) is 9.75 Å². The lowest BCUT2D eigenvalue weighted by Crippen LogP contribution is -2.11. The van der Waals surface area contributed by atoms with Gasteiger partial charge in [-0.3, -0.25) is 0 Å². The van der Waals surface area contributed by atoms with Gasteiger partial charge < -0.3 is 5.32 Å². The number of hydrogen-bond acceptors (Lipinski definition) is 5. The molecular formula is C10H13N3S2. The van der Waals surface area contributed by atoms with Gasteiger partial charge in [-0.05, 0) is 13.8 Å². The van der Waals surface area contributed by atoms with Crippen molar-refractivity contribution < 1.29 is 0 Å². The Balaban J connectivity index is 1.83. The molecule has 2 heterocycles. The van der Waals surface area contributed by atoms with Crippen LogP contribution in [-0.4, -0.2) is 9.97 Å². The normalized spacial score (nSPS) is 10.8. The van der Waals surface area contributed by atoms with E-state index in [9.17, 15) is 0 Å². The van der Waals surface area contributed by atoms with Gasteiger partial charge in [0.05, 0.1) is 16.2 Å². The summed E-state index contributed by atoms with van der Waals surface area (Å²) in [6, 6.07) is 0. The number of aryl methyl sites for hydroxylation is 2. The van der Waals surface area contributed by atoms with Crippen molar-refractivity contribution in [3.8, 4) is 0 Å². The van der Waals surface area contributed by atoms with Gasteiger partial charge in [-0.15, -0.1) is 22.7 Å². The van der Waals surface area contributed by atoms with Crippen LogP contribution in [0.3, 0.4) is 0 Å². The largest absolute Gasteiger partial charge is 0.307 e. The Labute approximate surface area is 97.2 Å². The number of aromatic nitrogens is 2. The molecule has 0 aromatic carbocycles. The van der Waals surface area contributed by atoms with Gasteiger partial charge in [-0.2, -0.15) is 0 Å². The molecule has 0 fully saturated rings. The van der Waals surface area contributed by atoms with Crippen LogP contribution < -0.4 is 5.32 Å². The van der Waals surface area contributed by atoms with E-state index in [0.717, 1.165) is 23.8 Å². The second-order valence-electron chi connectivity index (χ2n) is 3.31. The average molecular weight is 239 g/mol. The first-order valence-electron chi connectivity index (χ1n) is 4.76. The SMILES string of the molecule is Cc1ncc(CNCc2scnc2C)s1. The summed E-state index contributed by atoms with van der Waals surface area (Å²) in [6.07, 6.45) is 1.94. The molecular weight excluding hydrogens is 226 g/mol. The zero-order valence-corrected chi connectivity index (χ0v) is 10.4. The smallest absolute Gasteiger partial charge is 0.0897 e. The summed E-state index contributed by atoms with van der Waals surface area (Å²) in [7, 11) is 0. The van der Waals surface area contributed by atoms with Gasteiger partial charge in [0.1, 0.15) is 0 Å². The maximum atomic E-state index is 4.22. The van der Waals surface area contributed by atoms with Crippen LogP contribution in [-0.2, 0) is 13.1 Å². The first-order chi connectivity index (χ1) is 7.25. The van der Waals surface area contributed by atoms with E-state index in [2.05, 4.69) is 15.3 Å². The number of hydrogen-bond donors (Lipinski definition) is 1. The fourth-order valence-corrected chi connectivity index (χ4v) is 2.79. The second kappa shape index (κ2) is 4.83. The van der Waals surface area contributed by atoms with Crippen molar-refractivity contribution in [3.05, 3.63) is 32.2 Å². The summed E-state index contributed by atoms with van der Waals surface area (Å²) in [6.45, 7) is 5.86. The predicted molar refractivity (Wildman–Crippen MR) is 64.2 cm³/mol. The summed E-state index contributed by atoms with van der Waals surface area (Å²) in [4.78, 5) is 11.0. The maximum Gasteiger partial charge on any atom is 0.0897 e. The lowest BCUT2D eigenvalue weighted by molar-refractivity contribution is 0.704. The molecule has 80 valence electrons. The molecule has 1 N–H and O–H groups in total. The Morgan fingerprint density at radius 2 is 2.13 bits per heavy atom. The number of nitrogens with zero attached hydrogens (tertiary/aromatic N) is 2. The van der Waals surface area contributed by atoms with E-state index < -0.39 is 0 Å². The second-order valence-corrected chi connectivity index (χ2v) is 5.57. The molecule has 0 atom stereocenters. The van der Waals surface area contributed by atoms with Crippen LogP contribution in [0.15, 0.2) is 11.7 Å². The third kappa shape index (κ3) is 2.84. The molecule has 2 rings (SSSR count). The first kappa shape index (κ1) is 10.7. The van der Waals surface area contributed by atoms with Crippen LogP contribution in [0.1, 0.15) is 20.5 Å². The van der Waals surface area contributed by atoms with Crippen molar-refractivity contribution in [2.45, 2.75) is 26.9 Å². The van der Waals surface area contributed by atoms with Crippen LogP contribution in [0.5, 0.6) is 0 Å². The molecule has 15 heavy (non-hydrogen) atoms. The molecule has 0 aliphatic heterocycles. The number of rotatable bonds is 4. The molecule has 2 aromatic rings. The minimum absolute atomic E-state index is 0.892. The highest BCUT2D eigenvalue weighted by Crippen LogP contribution is 2.13. The van der Waals surface area contributed by atoms with Crippen LogP contribution in [0.2, 0.25) is 0 Å². The van der Waals surface area contributed by atoms with Crippen molar-refractivity contribution in [2.75, 3.05) is 0 Å². The van der Waals surface area contributed by atoms with Crippen LogP contribution in [0, 0.1) is 13.8 Å². The van der Waals surface area contributed by atoms with E-state index in [0.29, 0.717) is 0 Å². The van der Waals surface area contributed by atoms with Crippen molar-refractivity contribution in [1.82, 2.24) is 15.3 Å². The number of thiazole rings is 2. The molecule has 0 aliphatic rings. The lowest BCUT2D eigenvalue weighted by Gasteiger charge is -2.00. The molecule has 0 aliphatic carbocycles. The highest BCUT2D eigenvalue weighted by atomic mass is 32.1. The molecule has 0 unspecified atom stereocenters. The van der Waals surface area contributed by atoms with Crippen LogP contribution >= 0.6 is 22.7 Å². The van der Waals surface area contributed by atoms with Crippen molar-refractivity contribution in [3.63, 3.8) is 0 Å². The van der Waals surface area contributed by atoms with E-state index in [4.69, 9.17) is 0 Å². The summed E-state index contributed by atoms with van der Waals surface area (Å²) < 4.78 is 0. The van der Waals surface area contributed by atoms with Gasteiger partial charge in [0.15, 0.2) is 0 Å². The highest BCUT2D eigenvalue weighted by Gasteiger charge is 2.01. The topological polar surface area (TPSA) is 37.8 Å². The summed E-state index contributed by atoms with van der Waals surface area (Å²) >= 11 is 3.45. The minimum Gasteiger partial charge on any atom is -0.307 e. The maximum absolute atomic E-state index is 4.22. The van der Waals surface area contributed by atoms with E-state index in [1.807, 2.05) is 25.6 Å². The van der Waals surface area contributed by atoms with Gasteiger partial charge in [-0.25, -0.2) is 9.97 Å². The quantitative estimate of drug-likeness (QED) is 0.891. The molecule has 0 spiro atoms. The van der Waals surface area contributed by atoms with Gasteiger partial charge in [0.2, 0.25) is 0 Å². The monoisotopic (exact) mass is 239 g/mol. The van der Waals surface area contributed by atoms with Crippen molar-refractivity contribution in [1.29, 1.82) is 0 Å². The summed E-state index contributed by atoms with van der Waals surface area (Å²) in [5.74, 6) is 0. The Morgan fingerprint density at radius 3 is 2.73 bits per heavy atom. The zero-order chi connectivity index (χ0) is 10.7. The van der Waals surface area contributed by atoms with Gasteiger partial charge >= 0.3 is 0 Å². The van der Waals surface area contributed by atoms with Gasteiger partial charge in [0, 0.05) is 29.0 Å². The van der Waals surface area contributed by atoms with Gasteiger partial charge in [0.25, 0.3) is 0 Å². The first-order valence-corrected chi connectivity index (χ1v) is 6.46. The molecule has 0 bridgehead atoms. The molecule has 0 saturated heterocycles. The van der Waals surface area contributed by atoms with Crippen molar-refractivity contribution in [2.24, 2.45) is 0 Å². The molecule has 3 nitrogen and oxygen atoms in total. The fourth-order valence-electron chi connectivity index (χ4n) is 1.28. The Bertz CT molecular complexity index is 433.